The van der Waals surface area contributed by atoms with E-state index in [0.717, 1.165) is 12.8 Å². The van der Waals surface area contributed by atoms with Gasteiger partial charge < -0.3 is 10.3 Å². The molecular weight excluding hydrogens is 294 g/mol. The van der Waals surface area contributed by atoms with E-state index in [1.807, 2.05) is 0 Å². The number of anilines is 1. The molecule has 1 aliphatic rings. The van der Waals surface area contributed by atoms with Gasteiger partial charge in [0, 0.05) is 25.5 Å². The van der Waals surface area contributed by atoms with Gasteiger partial charge in [-0.1, -0.05) is 0 Å². The van der Waals surface area contributed by atoms with E-state index >= 15 is 0 Å². The Morgan fingerprint density at radius 1 is 1.29 bits per heavy atom. The molecule has 1 amide bonds. The number of H-pyrrole nitrogens is 2. The van der Waals surface area contributed by atoms with Crippen LogP contribution in [0.25, 0.3) is 0 Å². The van der Waals surface area contributed by atoms with Gasteiger partial charge in [0.05, 0.1) is 11.9 Å². The number of rotatable bonds is 4. The number of amides is 1. The first-order chi connectivity index (χ1) is 10.1. The van der Waals surface area contributed by atoms with E-state index in [9.17, 15) is 13.2 Å². The van der Waals surface area contributed by atoms with Gasteiger partial charge in [-0.3, -0.25) is 9.89 Å². The van der Waals surface area contributed by atoms with Gasteiger partial charge in [-0.25, -0.2) is 8.42 Å². The van der Waals surface area contributed by atoms with E-state index in [1.54, 1.807) is 0 Å². The average molecular weight is 309 g/mol. The first-order valence-electron chi connectivity index (χ1n) is 6.56. The molecule has 3 N–H and O–H groups in total. The molecule has 3 rings (SSSR count). The summed E-state index contributed by atoms with van der Waals surface area (Å²) in [5.41, 5.74) is 0.701. The Labute approximate surface area is 121 Å². The summed E-state index contributed by atoms with van der Waals surface area (Å²) in [6, 6.07) is 1.35. The number of sulfonamides is 1. The van der Waals surface area contributed by atoms with Crippen molar-refractivity contribution in [3.8, 4) is 0 Å². The fourth-order valence-corrected chi connectivity index (χ4v) is 3.76. The summed E-state index contributed by atoms with van der Waals surface area (Å²) >= 11 is 0. The second kappa shape index (κ2) is 5.34. The van der Waals surface area contributed by atoms with Crippen molar-refractivity contribution in [1.29, 1.82) is 0 Å². The van der Waals surface area contributed by atoms with Crippen LogP contribution >= 0.6 is 0 Å². The van der Waals surface area contributed by atoms with Crippen LogP contribution in [0.4, 0.5) is 5.69 Å². The van der Waals surface area contributed by atoms with Crippen LogP contribution in [0.5, 0.6) is 0 Å². The van der Waals surface area contributed by atoms with Crippen molar-refractivity contribution in [2.75, 3.05) is 18.4 Å². The monoisotopic (exact) mass is 309 g/mol. The van der Waals surface area contributed by atoms with Gasteiger partial charge in [-0.15, -0.1) is 0 Å². The number of nitrogens with zero attached hydrogens (tertiary/aromatic N) is 2. The van der Waals surface area contributed by atoms with Crippen molar-refractivity contribution in [2.45, 2.75) is 17.7 Å². The quantitative estimate of drug-likeness (QED) is 0.774. The van der Waals surface area contributed by atoms with E-state index in [-0.39, 0.29) is 10.6 Å². The van der Waals surface area contributed by atoms with Crippen molar-refractivity contribution in [1.82, 2.24) is 19.5 Å². The number of carbonyl (C=O) groups is 1. The van der Waals surface area contributed by atoms with Crippen LogP contribution in [-0.2, 0) is 10.0 Å². The molecule has 2 aromatic heterocycles. The Balaban J connectivity index is 1.78. The minimum Gasteiger partial charge on any atom is -0.356 e. The third-order valence-corrected chi connectivity index (χ3v) is 5.24. The number of hydrogen-bond donors (Lipinski definition) is 3. The van der Waals surface area contributed by atoms with E-state index < -0.39 is 15.9 Å². The molecule has 0 bridgehead atoms. The normalized spacial score (nSPS) is 16.2. The lowest BCUT2D eigenvalue weighted by atomic mass is 10.4. The van der Waals surface area contributed by atoms with Crippen molar-refractivity contribution < 1.29 is 13.2 Å². The smallest absolute Gasteiger partial charge is 0.272 e. The van der Waals surface area contributed by atoms with Crippen molar-refractivity contribution in [3.05, 3.63) is 30.4 Å². The van der Waals surface area contributed by atoms with Crippen LogP contribution in [0.2, 0.25) is 0 Å². The maximum absolute atomic E-state index is 12.3. The summed E-state index contributed by atoms with van der Waals surface area (Å²) in [6.07, 6.45) is 6.08. The molecule has 2 aromatic rings. The minimum absolute atomic E-state index is 0.113. The lowest BCUT2D eigenvalue weighted by molar-refractivity contribution is 0.102. The molecule has 9 heteroatoms. The number of aromatic nitrogens is 3. The molecule has 1 fully saturated rings. The molecule has 1 aliphatic heterocycles. The van der Waals surface area contributed by atoms with Crippen molar-refractivity contribution in [3.63, 3.8) is 0 Å². The summed E-state index contributed by atoms with van der Waals surface area (Å²) < 4.78 is 26.1. The molecule has 0 atom stereocenters. The third kappa shape index (κ3) is 2.69. The molecule has 0 aliphatic carbocycles. The lowest BCUT2D eigenvalue weighted by Crippen LogP contribution is -2.27. The molecule has 1 saturated heterocycles. The molecule has 112 valence electrons. The number of carbonyl (C=O) groups excluding carboxylic acids is 1. The highest BCUT2D eigenvalue weighted by Gasteiger charge is 2.28. The molecule has 8 nitrogen and oxygen atoms in total. The molecule has 0 radical (unpaired) electrons. The Morgan fingerprint density at radius 2 is 2.05 bits per heavy atom. The number of aromatic amines is 2. The predicted molar refractivity (Wildman–Crippen MR) is 75.3 cm³/mol. The van der Waals surface area contributed by atoms with Crippen molar-refractivity contribution in [2.24, 2.45) is 0 Å². The van der Waals surface area contributed by atoms with Crippen LogP contribution in [-0.4, -0.2) is 46.9 Å². The van der Waals surface area contributed by atoms with Crippen LogP contribution in [0.15, 0.2) is 29.6 Å². The standard InChI is InChI=1S/C12H15N5O3S/c18-12(16-9-6-14-15-7-9)11-5-10(8-13-11)21(19,20)17-3-1-2-4-17/h5-8,13H,1-4H2,(H,14,15)(H,16,18). The van der Waals surface area contributed by atoms with Crippen LogP contribution in [0.1, 0.15) is 23.3 Å². The fraction of sp³-hybridized carbons (Fsp3) is 0.333. The zero-order chi connectivity index (χ0) is 14.9. The largest absolute Gasteiger partial charge is 0.356 e. The number of nitrogens with one attached hydrogen (secondary N) is 3. The maximum Gasteiger partial charge on any atom is 0.272 e. The summed E-state index contributed by atoms with van der Waals surface area (Å²) in [4.78, 5) is 14.8. The Kier molecular flexibility index (Phi) is 3.52. The zero-order valence-corrected chi connectivity index (χ0v) is 12.0. The predicted octanol–water partition coefficient (Wildman–Crippen LogP) is 0.775. The van der Waals surface area contributed by atoms with Gasteiger partial charge in [0.25, 0.3) is 5.91 Å². The van der Waals surface area contributed by atoms with Gasteiger partial charge in [-0.2, -0.15) is 9.40 Å². The molecule has 0 unspecified atom stereocenters. The second-order valence-corrected chi connectivity index (χ2v) is 6.74. The summed E-state index contributed by atoms with van der Waals surface area (Å²) in [6.45, 7) is 1.06. The summed E-state index contributed by atoms with van der Waals surface area (Å²) in [5.74, 6) is -0.417. The third-order valence-electron chi connectivity index (χ3n) is 3.36. The van der Waals surface area contributed by atoms with E-state index in [1.165, 1.54) is 29.0 Å². The molecule has 3 heterocycles. The van der Waals surface area contributed by atoms with E-state index in [2.05, 4.69) is 20.5 Å². The molecule has 0 saturated carbocycles. The van der Waals surface area contributed by atoms with Gasteiger partial charge >= 0.3 is 0 Å². The second-order valence-electron chi connectivity index (χ2n) is 4.80. The zero-order valence-electron chi connectivity index (χ0n) is 11.2. The molecule has 21 heavy (non-hydrogen) atoms. The minimum atomic E-state index is -3.51. The van der Waals surface area contributed by atoms with Crippen LogP contribution < -0.4 is 5.32 Å². The Hall–Kier alpha value is -2.13. The molecule has 0 spiro atoms. The molecule has 0 aromatic carbocycles. The number of hydrogen-bond acceptors (Lipinski definition) is 4. The SMILES string of the molecule is O=C(Nc1cn[nH]c1)c1cc(S(=O)(=O)N2CCCC2)c[nH]1. The first-order valence-corrected chi connectivity index (χ1v) is 8.00. The topological polar surface area (TPSA) is 111 Å². The highest BCUT2D eigenvalue weighted by atomic mass is 32.2. The average Bonchev–Trinajstić information content (AvgIpc) is 3.20. The summed E-state index contributed by atoms with van der Waals surface area (Å²) in [5, 5.41) is 8.89. The maximum atomic E-state index is 12.3. The van der Waals surface area contributed by atoms with Gasteiger partial charge in [0.1, 0.15) is 10.6 Å². The fourth-order valence-electron chi connectivity index (χ4n) is 2.25. The van der Waals surface area contributed by atoms with Gasteiger partial charge in [-0.05, 0) is 18.9 Å². The highest BCUT2D eigenvalue weighted by molar-refractivity contribution is 7.89. The van der Waals surface area contributed by atoms with E-state index in [4.69, 9.17) is 0 Å². The summed E-state index contributed by atoms with van der Waals surface area (Å²) in [7, 11) is -3.51. The lowest BCUT2D eigenvalue weighted by Gasteiger charge is -2.13. The molecular formula is C12H15N5O3S. The van der Waals surface area contributed by atoms with Crippen LogP contribution in [0, 0.1) is 0 Å². The van der Waals surface area contributed by atoms with E-state index in [0.29, 0.717) is 18.8 Å². The Morgan fingerprint density at radius 3 is 2.71 bits per heavy atom. The Bertz CT molecular complexity index is 729. The van der Waals surface area contributed by atoms with Gasteiger partial charge in [0.15, 0.2) is 0 Å². The first kappa shape index (κ1) is 13.8. The van der Waals surface area contributed by atoms with Gasteiger partial charge in [0.2, 0.25) is 10.0 Å². The van der Waals surface area contributed by atoms with Crippen molar-refractivity contribution >= 4 is 21.6 Å². The highest BCUT2D eigenvalue weighted by Crippen LogP contribution is 2.21. The van der Waals surface area contributed by atoms with Crippen LogP contribution in [0.3, 0.4) is 0 Å².